The molecule has 2 N–H and O–H groups in total. The second-order valence-corrected chi connectivity index (χ2v) is 5.55. The molecule has 4 rings (SSSR count). The fourth-order valence-corrected chi connectivity index (χ4v) is 2.86. The molecule has 0 saturated heterocycles. The van der Waals surface area contributed by atoms with Gasteiger partial charge in [0.05, 0.1) is 13.0 Å². The molecule has 0 radical (unpaired) electrons. The van der Waals surface area contributed by atoms with Gasteiger partial charge in [-0.2, -0.15) is 0 Å². The number of ether oxygens (including phenoxy) is 1. The Morgan fingerprint density at radius 3 is 3.09 bits per heavy atom. The Morgan fingerprint density at radius 2 is 2.14 bits per heavy atom. The number of aromatic nitrogens is 1. The van der Waals surface area contributed by atoms with Crippen molar-refractivity contribution < 1.29 is 9.53 Å². The molecule has 1 aromatic heterocycles. The zero-order chi connectivity index (χ0) is 14.9. The molecule has 0 aliphatic carbocycles. The van der Waals surface area contributed by atoms with Gasteiger partial charge < -0.3 is 15.0 Å². The van der Waals surface area contributed by atoms with Gasteiger partial charge >= 0.3 is 0 Å². The van der Waals surface area contributed by atoms with E-state index in [0.717, 1.165) is 46.5 Å². The molecule has 0 saturated carbocycles. The lowest BCUT2D eigenvalue weighted by Crippen LogP contribution is -2.14. The Bertz CT molecular complexity index is 851. The maximum Gasteiger partial charge on any atom is 0.228 e. The van der Waals surface area contributed by atoms with Crippen LogP contribution in [0, 0.1) is 0 Å². The molecule has 0 bridgehead atoms. The van der Waals surface area contributed by atoms with E-state index in [1.807, 2.05) is 48.7 Å². The van der Waals surface area contributed by atoms with Crippen LogP contribution in [0.2, 0.25) is 0 Å². The third-order valence-corrected chi connectivity index (χ3v) is 3.96. The highest BCUT2D eigenvalue weighted by Gasteiger charge is 2.13. The number of carbonyl (C=O) groups excluding carboxylic acids is 1. The van der Waals surface area contributed by atoms with Crippen molar-refractivity contribution in [2.75, 3.05) is 11.9 Å². The molecule has 4 nitrogen and oxygen atoms in total. The fraction of sp³-hybridized carbons (Fsp3) is 0.167. The summed E-state index contributed by atoms with van der Waals surface area (Å²) >= 11 is 0. The van der Waals surface area contributed by atoms with Crippen LogP contribution in [0.25, 0.3) is 10.9 Å². The molecule has 1 aliphatic heterocycles. The van der Waals surface area contributed by atoms with Crippen molar-refractivity contribution in [3.63, 3.8) is 0 Å². The van der Waals surface area contributed by atoms with Crippen LogP contribution in [0.3, 0.4) is 0 Å². The second-order valence-electron chi connectivity index (χ2n) is 5.55. The summed E-state index contributed by atoms with van der Waals surface area (Å²) in [5.41, 5.74) is 4.04. The first-order chi connectivity index (χ1) is 10.8. The standard InChI is InChI=1S/C18H16N2O2/c21-18(10-12-1-2-13-5-7-19-16(13)9-12)20-15-3-4-17-14(11-15)6-8-22-17/h1-5,7,9,11,19H,6,8,10H2,(H,20,21). The maximum atomic E-state index is 12.2. The number of rotatable bonds is 3. The van der Waals surface area contributed by atoms with Crippen LogP contribution in [0.15, 0.2) is 48.7 Å². The average molecular weight is 292 g/mol. The Kier molecular flexibility index (Phi) is 3.07. The number of amides is 1. The monoisotopic (exact) mass is 292 g/mol. The maximum absolute atomic E-state index is 12.2. The Morgan fingerprint density at radius 1 is 1.18 bits per heavy atom. The molecule has 2 aromatic carbocycles. The minimum atomic E-state index is -0.00947. The summed E-state index contributed by atoms with van der Waals surface area (Å²) in [6.45, 7) is 0.725. The first-order valence-corrected chi connectivity index (χ1v) is 7.39. The van der Waals surface area contributed by atoms with Gasteiger partial charge in [-0.1, -0.05) is 12.1 Å². The highest BCUT2D eigenvalue weighted by atomic mass is 16.5. The second kappa shape index (κ2) is 5.22. The first kappa shape index (κ1) is 13.0. The molecule has 22 heavy (non-hydrogen) atoms. The number of carbonyl (C=O) groups is 1. The highest BCUT2D eigenvalue weighted by Crippen LogP contribution is 2.27. The van der Waals surface area contributed by atoms with E-state index < -0.39 is 0 Å². The predicted octanol–water partition coefficient (Wildman–Crippen LogP) is 3.28. The molecule has 4 heteroatoms. The lowest BCUT2D eigenvalue weighted by molar-refractivity contribution is -0.115. The molecular formula is C18H16N2O2. The van der Waals surface area contributed by atoms with Crippen LogP contribution in [-0.2, 0) is 17.6 Å². The van der Waals surface area contributed by atoms with Crippen molar-refractivity contribution in [1.82, 2.24) is 4.98 Å². The summed E-state index contributed by atoms with van der Waals surface area (Å²) in [5, 5.41) is 4.11. The van der Waals surface area contributed by atoms with Crippen molar-refractivity contribution in [2.24, 2.45) is 0 Å². The quantitative estimate of drug-likeness (QED) is 0.778. The molecule has 110 valence electrons. The topological polar surface area (TPSA) is 54.1 Å². The molecule has 0 unspecified atom stereocenters. The number of aromatic amines is 1. The van der Waals surface area contributed by atoms with E-state index in [0.29, 0.717) is 6.42 Å². The van der Waals surface area contributed by atoms with E-state index in [1.165, 1.54) is 0 Å². The molecule has 0 atom stereocenters. The summed E-state index contributed by atoms with van der Waals surface area (Å²) < 4.78 is 5.47. The third kappa shape index (κ3) is 2.44. The molecule has 1 aliphatic rings. The van der Waals surface area contributed by atoms with Crippen LogP contribution in [0.5, 0.6) is 5.75 Å². The van der Waals surface area contributed by atoms with Crippen molar-refractivity contribution in [1.29, 1.82) is 0 Å². The first-order valence-electron chi connectivity index (χ1n) is 7.39. The van der Waals surface area contributed by atoms with Crippen molar-refractivity contribution in [3.05, 3.63) is 59.8 Å². The van der Waals surface area contributed by atoms with Gasteiger partial charge in [0.25, 0.3) is 0 Å². The zero-order valence-corrected chi connectivity index (χ0v) is 12.1. The SMILES string of the molecule is O=C(Cc1ccc2cc[nH]c2c1)Nc1ccc2c(c1)CCO2. The normalized spacial score (nSPS) is 12.9. The van der Waals surface area contributed by atoms with Gasteiger partial charge in [0.1, 0.15) is 5.75 Å². The summed E-state index contributed by atoms with van der Waals surface area (Å²) in [6.07, 6.45) is 3.17. The van der Waals surface area contributed by atoms with E-state index >= 15 is 0 Å². The fourth-order valence-electron chi connectivity index (χ4n) is 2.86. The van der Waals surface area contributed by atoms with Crippen LogP contribution >= 0.6 is 0 Å². The predicted molar refractivity (Wildman–Crippen MR) is 86.3 cm³/mol. The van der Waals surface area contributed by atoms with E-state index in [1.54, 1.807) is 0 Å². The summed E-state index contributed by atoms with van der Waals surface area (Å²) in [4.78, 5) is 15.4. The van der Waals surface area contributed by atoms with Gasteiger partial charge in [-0.3, -0.25) is 4.79 Å². The smallest absolute Gasteiger partial charge is 0.228 e. The number of fused-ring (bicyclic) bond motifs is 2. The largest absolute Gasteiger partial charge is 0.493 e. The number of H-pyrrole nitrogens is 1. The Hall–Kier alpha value is -2.75. The average Bonchev–Trinajstić information content (AvgIpc) is 3.14. The van der Waals surface area contributed by atoms with Gasteiger partial charge in [0.15, 0.2) is 0 Å². The van der Waals surface area contributed by atoms with E-state index in [2.05, 4.69) is 10.3 Å². The number of hydrogen-bond acceptors (Lipinski definition) is 2. The zero-order valence-electron chi connectivity index (χ0n) is 12.1. The van der Waals surface area contributed by atoms with Crippen LogP contribution < -0.4 is 10.1 Å². The molecular weight excluding hydrogens is 276 g/mol. The summed E-state index contributed by atoms with van der Waals surface area (Å²) in [5.74, 6) is 0.917. The van der Waals surface area contributed by atoms with Gasteiger partial charge in [-0.15, -0.1) is 0 Å². The Labute approximate surface area is 128 Å². The number of hydrogen-bond donors (Lipinski definition) is 2. The number of anilines is 1. The van der Waals surface area contributed by atoms with Gasteiger partial charge in [-0.05, 0) is 46.8 Å². The summed E-state index contributed by atoms with van der Waals surface area (Å²) in [7, 11) is 0. The van der Waals surface area contributed by atoms with Gasteiger partial charge in [-0.25, -0.2) is 0 Å². The van der Waals surface area contributed by atoms with Crippen LogP contribution in [0.4, 0.5) is 5.69 Å². The van der Waals surface area contributed by atoms with Crippen molar-refractivity contribution in [3.8, 4) is 5.75 Å². The highest BCUT2D eigenvalue weighted by molar-refractivity contribution is 5.93. The molecule has 0 spiro atoms. The lowest BCUT2D eigenvalue weighted by atomic mass is 10.1. The Balaban J connectivity index is 1.47. The van der Waals surface area contributed by atoms with Gasteiger partial charge in [0.2, 0.25) is 5.91 Å². The molecule has 0 fully saturated rings. The molecule has 2 heterocycles. The van der Waals surface area contributed by atoms with E-state index in [4.69, 9.17) is 4.74 Å². The van der Waals surface area contributed by atoms with E-state index in [9.17, 15) is 4.79 Å². The number of nitrogens with one attached hydrogen (secondary N) is 2. The minimum absolute atomic E-state index is 0.00947. The summed E-state index contributed by atoms with van der Waals surface area (Å²) in [6, 6.07) is 13.9. The van der Waals surface area contributed by atoms with Crippen LogP contribution in [0.1, 0.15) is 11.1 Å². The third-order valence-electron chi connectivity index (χ3n) is 3.96. The van der Waals surface area contributed by atoms with Crippen molar-refractivity contribution >= 4 is 22.5 Å². The number of benzene rings is 2. The minimum Gasteiger partial charge on any atom is -0.493 e. The van der Waals surface area contributed by atoms with Crippen molar-refractivity contribution in [2.45, 2.75) is 12.8 Å². The van der Waals surface area contributed by atoms with E-state index in [-0.39, 0.29) is 5.91 Å². The van der Waals surface area contributed by atoms with Gasteiger partial charge in [0, 0.05) is 23.8 Å². The van der Waals surface area contributed by atoms with Crippen LogP contribution in [-0.4, -0.2) is 17.5 Å². The lowest BCUT2D eigenvalue weighted by Gasteiger charge is -2.07. The molecule has 1 amide bonds. The molecule has 3 aromatic rings.